The molecule has 2 rings (SSSR count). The number of benzene rings is 1. The summed E-state index contributed by atoms with van der Waals surface area (Å²) in [6.07, 6.45) is 0. The van der Waals surface area contributed by atoms with E-state index in [1.54, 1.807) is 11.7 Å². The zero-order valence-corrected chi connectivity index (χ0v) is 13.2. The van der Waals surface area contributed by atoms with Crippen molar-refractivity contribution >= 4 is 11.3 Å². The first-order valence-electron chi connectivity index (χ1n) is 6.59. The zero-order chi connectivity index (χ0) is 15.4. The minimum atomic E-state index is 0.0468. The molecule has 0 aliphatic heterocycles. The van der Waals surface area contributed by atoms with Crippen molar-refractivity contribution in [1.82, 2.24) is 4.57 Å². The molecule has 5 heteroatoms. The smallest absolute Gasteiger partial charge is 0.307 e. The first-order valence-corrected chi connectivity index (χ1v) is 7.41. The van der Waals surface area contributed by atoms with Crippen molar-refractivity contribution in [1.29, 1.82) is 0 Å². The zero-order valence-electron chi connectivity index (χ0n) is 12.4. The van der Waals surface area contributed by atoms with Crippen molar-refractivity contribution in [2.24, 2.45) is 5.73 Å². The van der Waals surface area contributed by atoms with Crippen molar-refractivity contribution in [3.63, 3.8) is 0 Å². The van der Waals surface area contributed by atoms with Gasteiger partial charge in [0.25, 0.3) is 0 Å². The quantitative estimate of drug-likeness (QED) is 0.881. The molecule has 0 fully saturated rings. The standard InChI is InChI=1S/C16H18N2O2S/c1-11-12(2)21-16(19)18(11)10-14-9-15(20-3)7-6-13(14)5-4-8-17/h6-7,9H,8,10,17H2,1-3H3. The van der Waals surface area contributed by atoms with E-state index in [-0.39, 0.29) is 4.87 Å². The fraction of sp³-hybridized carbons (Fsp3) is 0.312. The highest BCUT2D eigenvalue weighted by Gasteiger charge is 2.10. The average Bonchev–Trinajstić information content (AvgIpc) is 2.72. The summed E-state index contributed by atoms with van der Waals surface area (Å²) in [6.45, 7) is 4.71. The monoisotopic (exact) mass is 302 g/mol. The second-order valence-electron chi connectivity index (χ2n) is 4.62. The van der Waals surface area contributed by atoms with Crippen LogP contribution < -0.4 is 15.3 Å². The van der Waals surface area contributed by atoms with Crippen LogP contribution in [0, 0.1) is 25.7 Å². The lowest BCUT2D eigenvalue weighted by molar-refractivity contribution is 0.414. The Kier molecular flexibility index (Phi) is 4.84. The van der Waals surface area contributed by atoms with E-state index in [0.717, 1.165) is 27.4 Å². The lowest BCUT2D eigenvalue weighted by Crippen LogP contribution is -2.16. The van der Waals surface area contributed by atoms with Crippen LogP contribution in [0.15, 0.2) is 23.0 Å². The number of aryl methyl sites for hydroxylation is 1. The van der Waals surface area contributed by atoms with E-state index in [0.29, 0.717) is 13.1 Å². The maximum Gasteiger partial charge on any atom is 0.307 e. The molecule has 0 atom stereocenters. The van der Waals surface area contributed by atoms with Gasteiger partial charge in [0.2, 0.25) is 0 Å². The molecule has 21 heavy (non-hydrogen) atoms. The maximum atomic E-state index is 12.0. The molecule has 0 spiro atoms. The average molecular weight is 302 g/mol. The molecule has 1 heterocycles. The summed E-state index contributed by atoms with van der Waals surface area (Å²) >= 11 is 1.27. The van der Waals surface area contributed by atoms with Gasteiger partial charge in [0.05, 0.1) is 20.2 Å². The van der Waals surface area contributed by atoms with Gasteiger partial charge in [-0.1, -0.05) is 23.2 Å². The Bertz CT molecular complexity index is 763. The van der Waals surface area contributed by atoms with E-state index in [1.807, 2.05) is 32.0 Å². The van der Waals surface area contributed by atoms with E-state index < -0.39 is 0 Å². The summed E-state index contributed by atoms with van der Waals surface area (Å²) in [6, 6.07) is 5.67. The molecule has 1 aromatic heterocycles. The topological polar surface area (TPSA) is 57.2 Å². The van der Waals surface area contributed by atoms with Crippen molar-refractivity contribution in [3.8, 4) is 17.6 Å². The SMILES string of the molecule is COc1ccc(C#CCN)c(Cn2c(C)c(C)sc2=O)c1. The first kappa shape index (κ1) is 15.4. The lowest BCUT2D eigenvalue weighted by atomic mass is 10.1. The Hall–Kier alpha value is -2.03. The maximum absolute atomic E-state index is 12.0. The van der Waals surface area contributed by atoms with Gasteiger partial charge in [-0.15, -0.1) is 0 Å². The minimum Gasteiger partial charge on any atom is -0.497 e. The van der Waals surface area contributed by atoms with Gasteiger partial charge in [-0.2, -0.15) is 0 Å². The molecular formula is C16H18N2O2S. The Morgan fingerprint density at radius 3 is 2.71 bits per heavy atom. The van der Waals surface area contributed by atoms with Crippen LogP contribution in [0.5, 0.6) is 5.75 Å². The van der Waals surface area contributed by atoms with Crippen LogP contribution in [-0.4, -0.2) is 18.2 Å². The highest BCUT2D eigenvalue weighted by molar-refractivity contribution is 7.09. The highest BCUT2D eigenvalue weighted by atomic mass is 32.1. The molecule has 0 aliphatic rings. The van der Waals surface area contributed by atoms with Crippen LogP contribution in [0.4, 0.5) is 0 Å². The number of methoxy groups -OCH3 is 1. The number of hydrogen-bond donors (Lipinski definition) is 1. The number of rotatable bonds is 3. The number of nitrogens with zero attached hydrogens (tertiary/aromatic N) is 1. The van der Waals surface area contributed by atoms with Crippen LogP contribution in [0.2, 0.25) is 0 Å². The van der Waals surface area contributed by atoms with E-state index in [2.05, 4.69) is 11.8 Å². The summed E-state index contributed by atoms with van der Waals surface area (Å²) in [7, 11) is 1.62. The van der Waals surface area contributed by atoms with Gasteiger partial charge < -0.3 is 10.5 Å². The molecule has 0 bridgehead atoms. The predicted octanol–water partition coefficient (Wildman–Crippen LogP) is 1.89. The van der Waals surface area contributed by atoms with Crippen molar-refractivity contribution < 1.29 is 4.74 Å². The number of hydrogen-bond acceptors (Lipinski definition) is 4. The molecule has 2 aromatic rings. The Labute approximate surface area is 128 Å². The molecular weight excluding hydrogens is 284 g/mol. The van der Waals surface area contributed by atoms with Crippen LogP contribution in [0.3, 0.4) is 0 Å². The van der Waals surface area contributed by atoms with Gasteiger partial charge in [0.1, 0.15) is 5.75 Å². The summed E-state index contributed by atoms with van der Waals surface area (Å²) in [5.41, 5.74) is 8.25. The lowest BCUT2D eigenvalue weighted by Gasteiger charge is -2.10. The number of aromatic nitrogens is 1. The van der Waals surface area contributed by atoms with E-state index in [4.69, 9.17) is 10.5 Å². The summed E-state index contributed by atoms with van der Waals surface area (Å²) in [5, 5.41) is 0. The van der Waals surface area contributed by atoms with Gasteiger partial charge in [-0.25, -0.2) is 0 Å². The van der Waals surface area contributed by atoms with Crippen LogP contribution in [0.25, 0.3) is 0 Å². The summed E-state index contributed by atoms with van der Waals surface area (Å²) in [5.74, 6) is 6.65. The molecule has 0 saturated heterocycles. The molecule has 110 valence electrons. The van der Waals surface area contributed by atoms with Gasteiger partial charge >= 0.3 is 4.87 Å². The van der Waals surface area contributed by atoms with Crippen molar-refractivity contribution in [2.45, 2.75) is 20.4 Å². The van der Waals surface area contributed by atoms with E-state index in [9.17, 15) is 4.79 Å². The second kappa shape index (κ2) is 6.61. The van der Waals surface area contributed by atoms with E-state index >= 15 is 0 Å². The Morgan fingerprint density at radius 2 is 2.14 bits per heavy atom. The molecule has 2 N–H and O–H groups in total. The number of ether oxygens (including phenoxy) is 1. The molecule has 0 amide bonds. The van der Waals surface area contributed by atoms with Gasteiger partial charge in [-0.05, 0) is 37.6 Å². The number of thiazole rings is 1. The van der Waals surface area contributed by atoms with Crippen molar-refractivity contribution in [2.75, 3.05) is 13.7 Å². The fourth-order valence-electron chi connectivity index (χ4n) is 2.04. The normalized spacial score (nSPS) is 10.1. The molecule has 4 nitrogen and oxygen atoms in total. The minimum absolute atomic E-state index is 0.0468. The number of nitrogens with two attached hydrogens (primary N) is 1. The van der Waals surface area contributed by atoms with Gasteiger partial charge in [0.15, 0.2) is 0 Å². The van der Waals surface area contributed by atoms with Crippen LogP contribution >= 0.6 is 11.3 Å². The van der Waals surface area contributed by atoms with Gasteiger partial charge in [0, 0.05) is 16.1 Å². The summed E-state index contributed by atoms with van der Waals surface area (Å²) in [4.78, 5) is 13.1. The van der Waals surface area contributed by atoms with E-state index in [1.165, 1.54) is 11.3 Å². The van der Waals surface area contributed by atoms with Gasteiger partial charge in [-0.3, -0.25) is 9.36 Å². The summed E-state index contributed by atoms with van der Waals surface area (Å²) < 4.78 is 7.03. The highest BCUT2D eigenvalue weighted by Crippen LogP contribution is 2.19. The predicted molar refractivity (Wildman–Crippen MR) is 86.1 cm³/mol. The molecule has 0 saturated carbocycles. The third-order valence-electron chi connectivity index (χ3n) is 3.34. The fourth-order valence-corrected chi connectivity index (χ4v) is 2.87. The molecule has 1 aromatic carbocycles. The van der Waals surface area contributed by atoms with Crippen LogP contribution in [-0.2, 0) is 6.54 Å². The van der Waals surface area contributed by atoms with Crippen molar-refractivity contribution in [3.05, 3.63) is 49.6 Å². The third-order valence-corrected chi connectivity index (χ3v) is 4.34. The second-order valence-corrected chi connectivity index (χ2v) is 5.79. The molecule has 0 radical (unpaired) electrons. The largest absolute Gasteiger partial charge is 0.497 e. The molecule has 0 unspecified atom stereocenters. The Morgan fingerprint density at radius 1 is 1.38 bits per heavy atom. The first-order chi connectivity index (χ1) is 10.1. The Balaban J connectivity index is 2.48. The van der Waals surface area contributed by atoms with Crippen LogP contribution in [0.1, 0.15) is 21.7 Å². The molecule has 0 aliphatic carbocycles. The third kappa shape index (κ3) is 3.35.